The molecule has 2 aromatic carbocycles. The molecule has 1 aromatic heterocycles. The van der Waals surface area contributed by atoms with E-state index in [2.05, 4.69) is 15.7 Å². The maximum Gasteiger partial charge on any atom is 0.269 e. The summed E-state index contributed by atoms with van der Waals surface area (Å²) in [6, 6.07) is 15.4. The van der Waals surface area contributed by atoms with E-state index in [4.69, 9.17) is 9.47 Å². The highest BCUT2D eigenvalue weighted by Crippen LogP contribution is 2.39. The highest BCUT2D eigenvalue weighted by atomic mass is 16.5. The van der Waals surface area contributed by atoms with Gasteiger partial charge in [0.15, 0.2) is 0 Å². The van der Waals surface area contributed by atoms with Gasteiger partial charge in [-0.05, 0) is 42.7 Å². The molecule has 1 saturated carbocycles. The number of benzene rings is 2. The first-order chi connectivity index (χ1) is 18.0. The van der Waals surface area contributed by atoms with Gasteiger partial charge in [-0.2, -0.15) is 5.10 Å². The highest BCUT2D eigenvalue weighted by Gasteiger charge is 2.28. The minimum Gasteiger partial charge on any atom is -0.494 e. The van der Waals surface area contributed by atoms with Crippen molar-refractivity contribution in [2.24, 2.45) is 7.05 Å². The summed E-state index contributed by atoms with van der Waals surface area (Å²) >= 11 is 0. The molecule has 5 rings (SSSR count). The molecule has 9 heteroatoms. The van der Waals surface area contributed by atoms with E-state index >= 15 is 0 Å². The Bertz CT molecular complexity index is 1280. The number of nitrogens with zero attached hydrogens (tertiary/aromatic N) is 3. The van der Waals surface area contributed by atoms with Gasteiger partial charge in [-0.1, -0.05) is 24.3 Å². The molecule has 0 atom stereocenters. The SMILES string of the molecule is COc1c(CNC(=O)c2cc(C3CC3)nn2C)cccc1NCc1cccc(C(=O)N2CCOCC2)c1. The fourth-order valence-electron chi connectivity index (χ4n) is 4.61. The van der Waals surface area contributed by atoms with Gasteiger partial charge in [0.05, 0.1) is 31.7 Å². The van der Waals surface area contributed by atoms with Crippen LogP contribution in [0.2, 0.25) is 0 Å². The number of hydrogen-bond acceptors (Lipinski definition) is 6. The molecule has 1 saturated heterocycles. The summed E-state index contributed by atoms with van der Waals surface area (Å²) in [4.78, 5) is 27.5. The summed E-state index contributed by atoms with van der Waals surface area (Å²) in [5.41, 5.74) is 4.89. The maximum atomic E-state index is 12.8. The van der Waals surface area contributed by atoms with Gasteiger partial charge in [0.25, 0.3) is 11.8 Å². The lowest BCUT2D eigenvalue weighted by molar-refractivity contribution is 0.0303. The van der Waals surface area contributed by atoms with Crippen LogP contribution < -0.4 is 15.4 Å². The number of rotatable bonds is 9. The Morgan fingerprint density at radius 2 is 1.86 bits per heavy atom. The van der Waals surface area contributed by atoms with Crippen molar-refractivity contribution < 1.29 is 19.1 Å². The van der Waals surface area contributed by atoms with Gasteiger partial charge in [0.2, 0.25) is 0 Å². The molecular weight excluding hydrogens is 470 g/mol. The molecule has 3 aromatic rings. The largest absolute Gasteiger partial charge is 0.494 e. The molecule has 2 heterocycles. The molecule has 2 aliphatic rings. The first kappa shape index (κ1) is 24.8. The molecule has 2 fully saturated rings. The van der Waals surface area contributed by atoms with Crippen molar-refractivity contribution in [1.29, 1.82) is 0 Å². The van der Waals surface area contributed by atoms with Crippen LogP contribution in [-0.4, -0.2) is 59.9 Å². The average molecular weight is 504 g/mol. The predicted molar refractivity (Wildman–Crippen MR) is 140 cm³/mol. The molecule has 37 heavy (non-hydrogen) atoms. The summed E-state index contributed by atoms with van der Waals surface area (Å²) in [6.07, 6.45) is 2.28. The van der Waals surface area contributed by atoms with E-state index in [9.17, 15) is 9.59 Å². The standard InChI is InChI=1S/C28H33N5O4/c1-32-25(16-24(31-32)20-9-10-20)27(34)30-18-22-7-4-8-23(26(22)36-2)29-17-19-5-3-6-21(15-19)28(35)33-11-13-37-14-12-33/h3-8,15-16,20,29H,9-14,17-18H2,1-2H3,(H,30,34). The van der Waals surface area contributed by atoms with Gasteiger partial charge in [0.1, 0.15) is 11.4 Å². The Morgan fingerprint density at radius 3 is 2.62 bits per heavy atom. The number of amides is 2. The lowest BCUT2D eigenvalue weighted by Gasteiger charge is -2.27. The number of hydrogen-bond donors (Lipinski definition) is 2. The monoisotopic (exact) mass is 503 g/mol. The zero-order chi connectivity index (χ0) is 25.8. The number of morpholine rings is 1. The molecule has 2 amide bonds. The summed E-state index contributed by atoms with van der Waals surface area (Å²) < 4.78 is 12.7. The van der Waals surface area contributed by atoms with Crippen LogP contribution >= 0.6 is 0 Å². The number of carbonyl (C=O) groups is 2. The summed E-state index contributed by atoms with van der Waals surface area (Å²) in [7, 11) is 3.42. The van der Waals surface area contributed by atoms with Crippen LogP contribution in [0.4, 0.5) is 5.69 Å². The third-order valence-corrected chi connectivity index (χ3v) is 6.82. The van der Waals surface area contributed by atoms with Crippen LogP contribution in [0.15, 0.2) is 48.5 Å². The Kier molecular flexibility index (Phi) is 7.41. The smallest absolute Gasteiger partial charge is 0.269 e. The zero-order valence-electron chi connectivity index (χ0n) is 21.3. The number of aryl methyl sites for hydroxylation is 1. The molecule has 9 nitrogen and oxygen atoms in total. The number of carbonyl (C=O) groups excluding carboxylic acids is 2. The van der Waals surface area contributed by atoms with E-state index < -0.39 is 0 Å². The lowest BCUT2D eigenvalue weighted by Crippen LogP contribution is -2.40. The van der Waals surface area contributed by atoms with E-state index in [-0.39, 0.29) is 11.8 Å². The Hall–Kier alpha value is -3.85. The van der Waals surface area contributed by atoms with Gasteiger partial charge in [-0.3, -0.25) is 14.3 Å². The molecule has 0 spiro atoms. The third kappa shape index (κ3) is 5.77. The predicted octanol–water partition coefficient (Wildman–Crippen LogP) is 3.32. The number of nitrogens with one attached hydrogen (secondary N) is 2. The first-order valence-electron chi connectivity index (χ1n) is 12.7. The molecule has 1 aliphatic heterocycles. The first-order valence-corrected chi connectivity index (χ1v) is 12.7. The molecule has 0 unspecified atom stereocenters. The minimum atomic E-state index is -0.163. The number of methoxy groups -OCH3 is 1. The van der Waals surface area contributed by atoms with Crippen LogP contribution in [0.5, 0.6) is 5.75 Å². The van der Waals surface area contributed by atoms with E-state index in [0.717, 1.165) is 35.3 Å². The molecule has 2 N–H and O–H groups in total. The lowest BCUT2D eigenvalue weighted by atomic mass is 10.1. The normalized spacial score (nSPS) is 15.4. The van der Waals surface area contributed by atoms with Crippen molar-refractivity contribution in [3.8, 4) is 5.75 Å². The Balaban J connectivity index is 1.23. The summed E-state index contributed by atoms with van der Waals surface area (Å²) in [5, 5.41) is 10.9. The van der Waals surface area contributed by atoms with Crippen LogP contribution in [-0.2, 0) is 24.9 Å². The minimum absolute atomic E-state index is 0.0261. The van der Waals surface area contributed by atoms with Crippen molar-refractivity contribution in [2.75, 3.05) is 38.7 Å². The molecular formula is C28H33N5O4. The van der Waals surface area contributed by atoms with Crippen molar-refractivity contribution in [3.63, 3.8) is 0 Å². The molecule has 194 valence electrons. The van der Waals surface area contributed by atoms with Gasteiger partial charge < -0.3 is 25.0 Å². The second-order valence-corrected chi connectivity index (χ2v) is 9.49. The maximum absolute atomic E-state index is 12.8. The fraction of sp³-hybridized carbons (Fsp3) is 0.393. The number of para-hydroxylation sites is 1. The van der Waals surface area contributed by atoms with Crippen LogP contribution in [0.3, 0.4) is 0 Å². The van der Waals surface area contributed by atoms with Gasteiger partial charge in [0, 0.05) is 50.3 Å². The van der Waals surface area contributed by atoms with Crippen LogP contribution in [0.25, 0.3) is 0 Å². The second kappa shape index (κ2) is 11.0. The molecule has 0 bridgehead atoms. The number of aromatic nitrogens is 2. The Morgan fingerprint density at radius 1 is 1.08 bits per heavy atom. The van der Waals surface area contributed by atoms with E-state index in [1.54, 1.807) is 18.8 Å². The topological polar surface area (TPSA) is 97.7 Å². The summed E-state index contributed by atoms with van der Waals surface area (Å²) in [6.45, 7) is 3.23. The van der Waals surface area contributed by atoms with E-state index in [0.29, 0.717) is 62.3 Å². The van der Waals surface area contributed by atoms with Crippen molar-refractivity contribution in [1.82, 2.24) is 20.0 Å². The van der Waals surface area contributed by atoms with Crippen molar-refractivity contribution >= 4 is 17.5 Å². The van der Waals surface area contributed by atoms with Crippen LogP contribution in [0.1, 0.15) is 56.4 Å². The van der Waals surface area contributed by atoms with Crippen molar-refractivity contribution in [3.05, 3.63) is 76.6 Å². The van der Waals surface area contributed by atoms with Crippen molar-refractivity contribution in [2.45, 2.75) is 31.8 Å². The number of ether oxygens (including phenoxy) is 2. The van der Waals surface area contributed by atoms with Gasteiger partial charge >= 0.3 is 0 Å². The molecule has 1 aliphatic carbocycles. The highest BCUT2D eigenvalue weighted by molar-refractivity contribution is 5.94. The quantitative estimate of drug-likeness (QED) is 0.465. The fourth-order valence-corrected chi connectivity index (χ4v) is 4.61. The van der Waals surface area contributed by atoms with E-state index in [1.165, 1.54) is 0 Å². The van der Waals surface area contributed by atoms with E-state index in [1.807, 2.05) is 53.4 Å². The summed E-state index contributed by atoms with van der Waals surface area (Å²) in [5.74, 6) is 1.03. The second-order valence-electron chi connectivity index (χ2n) is 9.49. The number of anilines is 1. The van der Waals surface area contributed by atoms with Gasteiger partial charge in [-0.15, -0.1) is 0 Å². The Labute approximate surface area is 216 Å². The van der Waals surface area contributed by atoms with Crippen LogP contribution in [0, 0.1) is 0 Å². The van der Waals surface area contributed by atoms with Gasteiger partial charge in [-0.25, -0.2) is 0 Å². The molecule has 0 radical (unpaired) electrons. The average Bonchev–Trinajstić information content (AvgIpc) is 3.72. The zero-order valence-corrected chi connectivity index (χ0v) is 21.3. The third-order valence-electron chi connectivity index (χ3n) is 6.82.